The lowest BCUT2D eigenvalue weighted by atomic mass is 9.91. The Balaban J connectivity index is 1.39. The number of halogens is 1. The summed E-state index contributed by atoms with van der Waals surface area (Å²) in [7, 11) is 0. The summed E-state index contributed by atoms with van der Waals surface area (Å²) in [5.41, 5.74) is 6.15. The highest BCUT2D eigenvalue weighted by Gasteiger charge is 2.31. The van der Waals surface area contributed by atoms with E-state index in [-0.39, 0.29) is 11.8 Å². The van der Waals surface area contributed by atoms with Crippen LogP contribution >= 0.6 is 11.6 Å². The van der Waals surface area contributed by atoms with Crippen LogP contribution in [0.25, 0.3) is 39.1 Å². The number of hydrogen-bond acceptors (Lipinski definition) is 5. The van der Waals surface area contributed by atoms with Gasteiger partial charge in [0.25, 0.3) is 12.0 Å². The Morgan fingerprint density at radius 1 is 1.11 bits per heavy atom. The van der Waals surface area contributed by atoms with E-state index < -0.39 is 6.10 Å². The highest BCUT2D eigenvalue weighted by Crippen LogP contribution is 2.37. The lowest BCUT2D eigenvalue weighted by Crippen LogP contribution is -2.42. The highest BCUT2D eigenvalue weighted by molar-refractivity contribution is 6.35. The molecule has 9 heteroatoms. The van der Waals surface area contributed by atoms with E-state index in [4.69, 9.17) is 16.6 Å². The predicted octanol–water partition coefficient (Wildman–Crippen LogP) is 4.49. The number of aromatic nitrogens is 5. The van der Waals surface area contributed by atoms with Gasteiger partial charge in [0.15, 0.2) is 5.65 Å². The van der Waals surface area contributed by atoms with Crippen LogP contribution in [0.15, 0.2) is 61.1 Å². The SMILES string of the molecule is [CH2+]C(O)C(=O)N1CCC(c2nc3c(-c4ccc(-c5ccccc5)nc4)cnn3c3[nH]cc(Cl)c23)CC1. The number of pyridine rings is 1. The second-order valence-corrected chi connectivity index (χ2v) is 9.47. The number of nitrogens with one attached hydrogen (secondary N) is 1. The fourth-order valence-corrected chi connectivity index (χ4v) is 5.24. The first-order chi connectivity index (χ1) is 17.5. The number of nitrogens with zero attached hydrogens (tertiary/aromatic N) is 5. The molecule has 0 spiro atoms. The monoisotopic (exact) mass is 499 g/mol. The molecule has 0 radical (unpaired) electrons. The molecule has 8 nitrogen and oxygen atoms in total. The number of H-pyrrole nitrogens is 1. The molecule has 36 heavy (non-hydrogen) atoms. The average Bonchev–Trinajstić information content (AvgIpc) is 3.52. The molecule has 4 aromatic heterocycles. The van der Waals surface area contributed by atoms with Gasteiger partial charge in [-0.3, -0.25) is 9.78 Å². The maximum Gasteiger partial charge on any atom is 0.298 e. The Morgan fingerprint density at radius 3 is 2.58 bits per heavy atom. The van der Waals surface area contributed by atoms with Crippen molar-refractivity contribution in [1.82, 2.24) is 29.5 Å². The molecule has 1 saturated heterocycles. The van der Waals surface area contributed by atoms with E-state index in [1.165, 1.54) is 0 Å². The summed E-state index contributed by atoms with van der Waals surface area (Å²) in [5, 5.41) is 15.6. The molecular weight excluding hydrogens is 476 g/mol. The van der Waals surface area contributed by atoms with Crippen molar-refractivity contribution >= 4 is 34.2 Å². The van der Waals surface area contributed by atoms with Crippen LogP contribution in [0.3, 0.4) is 0 Å². The van der Waals surface area contributed by atoms with Crippen LogP contribution in [0.1, 0.15) is 24.5 Å². The molecule has 6 rings (SSSR count). The molecule has 1 aliphatic heterocycles. The molecule has 5 aromatic rings. The number of rotatable bonds is 4. The minimum atomic E-state index is -1.24. The zero-order valence-corrected chi connectivity index (χ0v) is 20.2. The van der Waals surface area contributed by atoms with Crippen molar-refractivity contribution in [3.8, 4) is 22.4 Å². The summed E-state index contributed by atoms with van der Waals surface area (Å²) in [6.07, 6.45) is 5.60. The van der Waals surface area contributed by atoms with E-state index in [0.717, 1.165) is 57.6 Å². The number of carbonyl (C=O) groups is 1. The Morgan fingerprint density at radius 2 is 1.89 bits per heavy atom. The van der Waals surface area contributed by atoms with Gasteiger partial charge >= 0.3 is 0 Å². The third-order valence-electron chi connectivity index (χ3n) is 6.87. The van der Waals surface area contributed by atoms with E-state index in [0.29, 0.717) is 18.1 Å². The largest absolute Gasteiger partial charge is 0.346 e. The lowest BCUT2D eigenvalue weighted by molar-refractivity contribution is -0.139. The van der Waals surface area contributed by atoms with E-state index in [1.807, 2.05) is 48.7 Å². The smallest absolute Gasteiger partial charge is 0.298 e. The normalized spacial score (nSPS) is 15.6. The molecule has 5 heterocycles. The van der Waals surface area contributed by atoms with E-state index >= 15 is 0 Å². The molecule has 1 aromatic carbocycles. The summed E-state index contributed by atoms with van der Waals surface area (Å²) in [6, 6.07) is 14.1. The summed E-state index contributed by atoms with van der Waals surface area (Å²) in [4.78, 5) is 26.8. The fourth-order valence-electron chi connectivity index (χ4n) is 5.00. The Bertz CT molecular complexity index is 1550. The van der Waals surface area contributed by atoms with Crippen molar-refractivity contribution in [1.29, 1.82) is 0 Å². The summed E-state index contributed by atoms with van der Waals surface area (Å²) in [6.45, 7) is 4.50. The van der Waals surface area contributed by atoms with Gasteiger partial charge in [-0.25, -0.2) is 4.98 Å². The number of carbonyl (C=O) groups excluding carboxylic acids is 1. The predicted molar refractivity (Wildman–Crippen MR) is 138 cm³/mol. The van der Waals surface area contributed by atoms with Gasteiger partial charge in [-0.15, -0.1) is 0 Å². The van der Waals surface area contributed by atoms with Crippen LogP contribution in [-0.2, 0) is 4.79 Å². The molecule has 0 saturated carbocycles. The second-order valence-electron chi connectivity index (χ2n) is 9.06. The summed E-state index contributed by atoms with van der Waals surface area (Å²) in [5.74, 6) is -0.232. The molecule has 2 N–H and O–H groups in total. The second kappa shape index (κ2) is 8.96. The molecule has 0 aliphatic carbocycles. The molecule has 1 fully saturated rings. The number of piperidine rings is 1. The third kappa shape index (κ3) is 3.79. The number of hydrogen-bond donors (Lipinski definition) is 2. The van der Waals surface area contributed by atoms with Crippen LogP contribution in [0.5, 0.6) is 0 Å². The van der Waals surface area contributed by atoms with Gasteiger partial charge in [0, 0.05) is 48.1 Å². The van der Waals surface area contributed by atoms with Gasteiger partial charge in [-0.2, -0.15) is 9.61 Å². The quantitative estimate of drug-likeness (QED) is 0.355. The van der Waals surface area contributed by atoms with Crippen LogP contribution in [0.2, 0.25) is 5.02 Å². The van der Waals surface area contributed by atoms with E-state index in [2.05, 4.69) is 22.0 Å². The molecule has 180 valence electrons. The van der Waals surface area contributed by atoms with Crippen LogP contribution in [0.4, 0.5) is 0 Å². The molecule has 1 unspecified atom stereocenters. The van der Waals surface area contributed by atoms with Gasteiger partial charge in [-0.05, 0) is 18.9 Å². The Hall–Kier alpha value is -3.88. The van der Waals surface area contributed by atoms with Crippen molar-refractivity contribution in [3.63, 3.8) is 0 Å². The topological polar surface area (TPSA) is 99.4 Å². The standard InChI is InChI=1S/C27H24ClN6O2/c1-16(35)27(36)33-11-9-18(10-12-33)24-23-21(28)15-30-26(23)34-25(32-24)20(14-31-34)19-7-8-22(29-13-19)17-5-3-2-4-6-17/h2-8,13-16,18,30,35H,1,9-12H2/q+1. The molecule has 0 bridgehead atoms. The number of aromatic amines is 1. The number of aliphatic hydroxyl groups is 1. The Labute approximate surface area is 212 Å². The minimum Gasteiger partial charge on any atom is -0.346 e. The molecule has 1 amide bonds. The maximum absolute atomic E-state index is 12.2. The Kier molecular flexibility index (Phi) is 5.62. The zero-order chi connectivity index (χ0) is 24.8. The molecular formula is C27H24ClN6O2+. The van der Waals surface area contributed by atoms with Gasteiger partial charge < -0.3 is 15.0 Å². The molecule has 1 aliphatic rings. The van der Waals surface area contributed by atoms with Crippen molar-refractivity contribution in [2.75, 3.05) is 13.1 Å². The number of aliphatic hydroxyl groups excluding tert-OH is 1. The van der Waals surface area contributed by atoms with Crippen molar-refractivity contribution < 1.29 is 9.90 Å². The number of benzene rings is 1. The first-order valence-corrected chi connectivity index (χ1v) is 12.2. The van der Waals surface area contributed by atoms with Crippen molar-refractivity contribution in [3.05, 3.63) is 78.7 Å². The van der Waals surface area contributed by atoms with Crippen molar-refractivity contribution in [2.24, 2.45) is 0 Å². The number of likely N-dealkylation sites (tertiary alicyclic amines) is 1. The van der Waals surface area contributed by atoms with Gasteiger partial charge in [0.2, 0.25) is 0 Å². The van der Waals surface area contributed by atoms with Crippen LogP contribution in [0, 0.1) is 6.92 Å². The maximum atomic E-state index is 12.2. The van der Waals surface area contributed by atoms with Crippen LogP contribution in [-0.4, -0.2) is 59.7 Å². The van der Waals surface area contributed by atoms with Gasteiger partial charge in [-0.1, -0.05) is 48.0 Å². The lowest BCUT2D eigenvalue weighted by Gasteiger charge is -2.31. The first-order valence-electron chi connectivity index (χ1n) is 11.9. The number of fused-ring (bicyclic) bond motifs is 3. The minimum absolute atomic E-state index is 0.109. The van der Waals surface area contributed by atoms with E-state index in [9.17, 15) is 9.90 Å². The summed E-state index contributed by atoms with van der Waals surface area (Å²) < 4.78 is 1.78. The van der Waals surface area contributed by atoms with E-state index in [1.54, 1.807) is 21.8 Å². The average molecular weight is 500 g/mol. The highest BCUT2D eigenvalue weighted by atomic mass is 35.5. The summed E-state index contributed by atoms with van der Waals surface area (Å²) >= 11 is 6.59. The van der Waals surface area contributed by atoms with Crippen molar-refractivity contribution in [2.45, 2.75) is 24.9 Å². The first kappa shape index (κ1) is 22.6. The fraction of sp³-hybridized carbons (Fsp3) is 0.222. The van der Waals surface area contributed by atoms with Crippen LogP contribution < -0.4 is 0 Å². The third-order valence-corrected chi connectivity index (χ3v) is 7.17. The van der Waals surface area contributed by atoms with Gasteiger partial charge in [0.05, 0.1) is 28.0 Å². The number of amides is 1. The molecule has 1 atom stereocenters. The zero-order valence-electron chi connectivity index (χ0n) is 19.4. The van der Waals surface area contributed by atoms with Gasteiger partial charge in [0.1, 0.15) is 12.6 Å².